The lowest BCUT2D eigenvalue weighted by molar-refractivity contribution is 0.603. The molecule has 2 aromatic rings. The monoisotopic (exact) mass is 339 g/mol. The number of hydrogen-bond acceptors (Lipinski definition) is 6. The Morgan fingerprint density at radius 3 is 2.56 bits per heavy atom. The van der Waals surface area contributed by atoms with E-state index >= 15 is 0 Å². The van der Waals surface area contributed by atoms with Crippen molar-refractivity contribution in [1.29, 1.82) is 0 Å². The summed E-state index contributed by atoms with van der Waals surface area (Å²) in [5.41, 5.74) is 0. The van der Waals surface area contributed by atoms with Crippen molar-refractivity contribution in [2.45, 2.75) is 11.1 Å². The summed E-state index contributed by atoms with van der Waals surface area (Å²) in [5, 5.41) is 8.43. The van der Waals surface area contributed by atoms with Gasteiger partial charge in [-0.3, -0.25) is 4.72 Å². The van der Waals surface area contributed by atoms with Crippen LogP contribution in [0.4, 0.5) is 5.13 Å². The Morgan fingerprint density at radius 1 is 1.31 bits per heavy atom. The molecule has 0 atom stereocenters. The van der Waals surface area contributed by atoms with Gasteiger partial charge in [0.15, 0.2) is 0 Å². The van der Waals surface area contributed by atoms with Crippen molar-refractivity contribution in [3.05, 3.63) is 20.9 Å². The molecule has 0 fully saturated rings. The minimum absolute atomic E-state index is 0.243. The summed E-state index contributed by atoms with van der Waals surface area (Å²) < 4.78 is 27.1. The molecule has 0 bridgehead atoms. The number of thiophene rings is 1. The molecular weight excluding hydrogens is 334 g/mol. The maximum atomic E-state index is 11.8. The SMILES string of the molecule is Cc1nnc(NS(=O)(=O)c2ccc(Br)s2)s1. The van der Waals surface area contributed by atoms with Gasteiger partial charge in [-0.05, 0) is 35.0 Å². The molecule has 0 saturated heterocycles. The highest BCUT2D eigenvalue weighted by molar-refractivity contribution is 9.11. The van der Waals surface area contributed by atoms with Crippen LogP contribution in [0.2, 0.25) is 0 Å². The highest BCUT2D eigenvalue weighted by atomic mass is 79.9. The molecular formula is C7H6BrN3O2S3. The number of nitrogens with zero attached hydrogens (tertiary/aromatic N) is 2. The minimum Gasteiger partial charge on any atom is -0.253 e. The number of anilines is 1. The number of nitrogens with one attached hydrogen (secondary N) is 1. The van der Waals surface area contributed by atoms with Gasteiger partial charge in [0.05, 0.1) is 3.79 Å². The average Bonchev–Trinajstić information content (AvgIpc) is 2.75. The molecule has 1 N–H and O–H groups in total. The number of hydrogen-bond donors (Lipinski definition) is 1. The van der Waals surface area contributed by atoms with Crippen LogP contribution < -0.4 is 4.72 Å². The van der Waals surface area contributed by atoms with Crippen LogP contribution in [-0.4, -0.2) is 18.6 Å². The van der Waals surface area contributed by atoms with E-state index in [1.54, 1.807) is 13.0 Å². The second kappa shape index (κ2) is 4.40. The lowest BCUT2D eigenvalue weighted by Gasteiger charge is -2.00. The van der Waals surface area contributed by atoms with Gasteiger partial charge in [-0.1, -0.05) is 11.3 Å². The third-order valence-corrected chi connectivity index (χ3v) is 5.90. The Balaban J connectivity index is 2.27. The second-order valence-corrected chi connectivity index (χ2v) is 8.34. The summed E-state index contributed by atoms with van der Waals surface area (Å²) >= 11 is 5.55. The van der Waals surface area contributed by atoms with E-state index < -0.39 is 10.0 Å². The fourth-order valence-corrected chi connectivity index (χ4v) is 4.78. The minimum atomic E-state index is -3.53. The van der Waals surface area contributed by atoms with Gasteiger partial charge < -0.3 is 0 Å². The smallest absolute Gasteiger partial charge is 0.253 e. The van der Waals surface area contributed by atoms with Crippen LogP contribution in [0.5, 0.6) is 0 Å². The number of sulfonamides is 1. The fraction of sp³-hybridized carbons (Fsp3) is 0.143. The first kappa shape index (κ1) is 12.0. The number of aromatic nitrogens is 2. The van der Waals surface area contributed by atoms with Crippen LogP contribution in [0.3, 0.4) is 0 Å². The van der Waals surface area contributed by atoms with Gasteiger partial charge >= 0.3 is 0 Å². The number of aryl methyl sites for hydroxylation is 1. The van der Waals surface area contributed by atoms with Crippen LogP contribution in [-0.2, 0) is 10.0 Å². The normalized spacial score (nSPS) is 11.6. The molecule has 0 aliphatic rings. The molecule has 16 heavy (non-hydrogen) atoms. The van der Waals surface area contributed by atoms with Crippen LogP contribution in [0.25, 0.3) is 0 Å². The van der Waals surface area contributed by atoms with Crippen molar-refractivity contribution < 1.29 is 8.42 Å². The molecule has 0 aliphatic carbocycles. The number of halogens is 1. The molecule has 0 radical (unpaired) electrons. The van der Waals surface area contributed by atoms with E-state index in [0.29, 0.717) is 5.01 Å². The van der Waals surface area contributed by atoms with Crippen LogP contribution >= 0.6 is 38.6 Å². The summed E-state index contributed by atoms with van der Waals surface area (Å²) in [5.74, 6) is 0. The Bertz CT molecular complexity index is 604. The van der Waals surface area contributed by atoms with Gasteiger partial charge in [-0.25, -0.2) is 8.42 Å². The average molecular weight is 340 g/mol. The zero-order valence-corrected chi connectivity index (χ0v) is 12.0. The van der Waals surface area contributed by atoms with Crippen molar-refractivity contribution in [3.8, 4) is 0 Å². The summed E-state index contributed by atoms with van der Waals surface area (Å²) in [6.45, 7) is 1.76. The van der Waals surface area contributed by atoms with E-state index in [-0.39, 0.29) is 9.34 Å². The standard InChI is InChI=1S/C7H6BrN3O2S3/c1-4-9-10-7(14-4)11-16(12,13)6-3-2-5(8)15-6/h2-3H,1H3,(H,10,11). The molecule has 0 saturated carbocycles. The van der Waals surface area contributed by atoms with Crippen molar-refractivity contribution in [1.82, 2.24) is 10.2 Å². The molecule has 0 aromatic carbocycles. The highest BCUT2D eigenvalue weighted by Crippen LogP contribution is 2.28. The lowest BCUT2D eigenvalue weighted by Crippen LogP contribution is -2.11. The van der Waals surface area contributed by atoms with E-state index in [9.17, 15) is 8.42 Å². The molecule has 86 valence electrons. The largest absolute Gasteiger partial charge is 0.273 e. The molecule has 0 unspecified atom stereocenters. The van der Waals surface area contributed by atoms with Crippen molar-refractivity contribution in [2.24, 2.45) is 0 Å². The van der Waals surface area contributed by atoms with E-state index in [0.717, 1.165) is 15.1 Å². The molecule has 0 amide bonds. The van der Waals surface area contributed by atoms with Crippen molar-refractivity contribution >= 4 is 53.8 Å². The molecule has 0 spiro atoms. The summed E-state index contributed by atoms with van der Waals surface area (Å²) in [4.78, 5) is 0. The zero-order chi connectivity index (χ0) is 11.8. The summed E-state index contributed by atoms with van der Waals surface area (Å²) in [7, 11) is -3.53. The van der Waals surface area contributed by atoms with Crippen LogP contribution in [0, 0.1) is 6.92 Å². The van der Waals surface area contributed by atoms with Gasteiger partial charge in [0, 0.05) is 0 Å². The first-order valence-electron chi connectivity index (χ1n) is 4.05. The third-order valence-electron chi connectivity index (χ3n) is 1.56. The van der Waals surface area contributed by atoms with E-state index in [4.69, 9.17) is 0 Å². The molecule has 9 heteroatoms. The highest BCUT2D eigenvalue weighted by Gasteiger charge is 2.18. The Kier molecular flexibility index (Phi) is 3.29. The van der Waals surface area contributed by atoms with Crippen molar-refractivity contribution in [2.75, 3.05) is 4.72 Å². The Hall–Kier alpha value is -0.510. The number of rotatable bonds is 3. The van der Waals surface area contributed by atoms with E-state index in [2.05, 4.69) is 30.8 Å². The van der Waals surface area contributed by atoms with E-state index in [1.165, 1.54) is 17.4 Å². The predicted molar refractivity (Wildman–Crippen MR) is 67.5 cm³/mol. The van der Waals surface area contributed by atoms with Gasteiger partial charge in [0.2, 0.25) is 5.13 Å². The zero-order valence-electron chi connectivity index (χ0n) is 7.97. The Labute approximate surface area is 109 Å². The van der Waals surface area contributed by atoms with Gasteiger partial charge in [0.1, 0.15) is 9.22 Å². The van der Waals surface area contributed by atoms with Crippen molar-refractivity contribution in [3.63, 3.8) is 0 Å². The summed E-state index contributed by atoms with van der Waals surface area (Å²) in [6, 6.07) is 3.22. The topological polar surface area (TPSA) is 72.0 Å². The maximum absolute atomic E-state index is 11.8. The maximum Gasteiger partial charge on any atom is 0.273 e. The lowest BCUT2D eigenvalue weighted by atomic mass is 10.7. The fourth-order valence-electron chi connectivity index (χ4n) is 0.945. The predicted octanol–water partition coefficient (Wildman–Crippen LogP) is 2.47. The first-order chi connectivity index (χ1) is 7.47. The van der Waals surface area contributed by atoms with Gasteiger partial charge in [-0.2, -0.15) is 0 Å². The molecule has 0 aliphatic heterocycles. The quantitative estimate of drug-likeness (QED) is 0.932. The Morgan fingerprint density at radius 2 is 2.06 bits per heavy atom. The molecule has 2 heterocycles. The molecule has 2 rings (SSSR count). The van der Waals surface area contributed by atoms with Gasteiger partial charge in [0.25, 0.3) is 10.0 Å². The molecule has 2 aromatic heterocycles. The summed E-state index contributed by atoms with van der Waals surface area (Å²) in [6.07, 6.45) is 0. The van der Waals surface area contributed by atoms with E-state index in [1.807, 2.05) is 0 Å². The van der Waals surface area contributed by atoms with Crippen LogP contribution in [0.1, 0.15) is 5.01 Å². The first-order valence-corrected chi connectivity index (χ1v) is 7.96. The third kappa shape index (κ3) is 2.59. The second-order valence-electron chi connectivity index (χ2n) is 2.79. The molecule has 5 nitrogen and oxygen atoms in total. The van der Waals surface area contributed by atoms with Gasteiger partial charge in [-0.15, -0.1) is 21.5 Å². The van der Waals surface area contributed by atoms with Crippen LogP contribution in [0.15, 0.2) is 20.1 Å².